The molecule has 0 saturated heterocycles. The van der Waals surface area contributed by atoms with Crippen molar-refractivity contribution in [2.45, 2.75) is 72.6 Å². The van der Waals surface area contributed by atoms with Crippen molar-refractivity contribution in [2.24, 2.45) is 0 Å². The number of aromatic hydroxyl groups is 2. The molecule has 0 bridgehead atoms. The van der Waals surface area contributed by atoms with Crippen molar-refractivity contribution < 1.29 is 10.2 Å². The normalized spacial score (nSPS) is 12.5. The fourth-order valence-corrected chi connectivity index (χ4v) is 3.05. The van der Waals surface area contributed by atoms with Gasteiger partial charge in [-0.2, -0.15) is 0 Å². The molecule has 2 aromatic rings. The van der Waals surface area contributed by atoms with Crippen molar-refractivity contribution in [1.82, 2.24) is 0 Å². The Labute approximate surface area is 152 Å². The molecule has 0 amide bonds. The monoisotopic (exact) mass is 340 g/mol. The summed E-state index contributed by atoms with van der Waals surface area (Å²) < 4.78 is 0. The summed E-state index contributed by atoms with van der Waals surface area (Å²) in [6.45, 7) is 16.9. The highest BCUT2D eigenvalue weighted by Gasteiger charge is 2.20. The van der Waals surface area contributed by atoms with Gasteiger partial charge >= 0.3 is 0 Å². The fraction of sp³-hybridized carbons (Fsp3) is 0.478. The Kier molecular flexibility index (Phi) is 4.96. The predicted molar refractivity (Wildman–Crippen MR) is 106 cm³/mol. The van der Waals surface area contributed by atoms with Crippen LogP contribution >= 0.6 is 0 Å². The van der Waals surface area contributed by atoms with Crippen molar-refractivity contribution in [1.29, 1.82) is 0 Å². The number of benzene rings is 2. The Morgan fingerprint density at radius 2 is 0.960 bits per heavy atom. The third kappa shape index (κ3) is 4.18. The molecule has 0 spiro atoms. The summed E-state index contributed by atoms with van der Waals surface area (Å²) in [6, 6.07) is 8.24. The molecular weight excluding hydrogens is 308 g/mol. The van der Waals surface area contributed by atoms with Crippen LogP contribution in [-0.2, 0) is 17.3 Å². The average Bonchev–Trinajstić information content (AvgIpc) is 2.45. The van der Waals surface area contributed by atoms with Gasteiger partial charge in [0.1, 0.15) is 11.5 Å². The number of rotatable bonds is 2. The van der Waals surface area contributed by atoms with Gasteiger partial charge in [0, 0.05) is 6.42 Å². The third-order valence-corrected chi connectivity index (χ3v) is 4.87. The first-order valence-corrected chi connectivity index (χ1v) is 8.96. The predicted octanol–water partition coefficient (Wildman–Crippen LogP) is 5.90. The number of aryl methyl sites for hydroxylation is 2. The van der Waals surface area contributed by atoms with Crippen LogP contribution in [0.25, 0.3) is 0 Å². The number of phenolic OH excluding ortho intramolecular Hbond substituents is 2. The molecule has 2 rings (SSSR count). The van der Waals surface area contributed by atoms with Gasteiger partial charge in [0.25, 0.3) is 0 Å². The molecule has 0 aliphatic carbocycles. The van der Waals surface area contributed by atoms with Crippen molar-refractivity contribution in [3.8, 4) is 11.5 Å². The summed E-state index contributed by atoms with van der Waals surface area (Å²) in [5, 5.41) is 21.1. The molecule has 0 fully saturated rings. The van der Waals surface area contributed by atoms with Crippen molar-refractivity contribution in [3.05, 3.63) is 57.6 Å². The quantitative estimate of drug-likeness (QED) is 0.714. The van der Waals surface area contributed by atoms with E-state index in [0.29, 0.717) is 17.9 Å². The van der Waals surface area contributed by atoms with Gasteiger partial charge in [0.15, 0.2) is 0 Å². The first-order chi connectivity index (χ1) is 11.3. The maximum absolute atomic E-state index is 10.6. The molecular formula is C23H32O2. The van der Waals surface area contributed by atoms with Crippen LogP contribution in [0.4, 0.5) is 0 Å². The lowest BCUT2D eigenvalue weighted by Gasteiger charge is -2.23. The van der Waals surface area contributed by atoms with Crippen LogP contribution < -0.4 is 0 Å². The van der Waals surface area contributed by atoms with Crippen LogP contribution in [0.1, 0.15) is 74.9 Å². The van der Waals surface area contributed by atoms with Crippen LogP contribution in [0.15, 0.2) is 24.3 Å². The van der Waals surface area contributed by atoms with Crippen molar-refractivity contribution >= 4 is 0 Å². The molecule has 0 saturated carbocycles. The maximum Gasteiger partial charge on any atom is 0.122 e. The Balaban J connectivity index is 2.57. The molecule has 0 heterocycles. The highest BCUT2D eigenvalue weighted by Crippen LogP contribution is 2.36. The molecule has 0 atom stereocenters. The van der Waals surface area contributed by atoms with Gasteiger partial charge in [-0.1, -0.05) is 65.8 Å². The number of hydrogen-bond acceptors (Lipinski definition) is 2. The Morgan fingerprint density at radius 3 is 1.24 bits per heavy atom. The van der Waals surface area contributed by atoms with Gasteiger partial charge in [0.2, 0.25) is 0 Å². The largest absolute Gasteiger partial charge is 0.507 e. The topological polar surface area (TPSA) is 40.5 Å². The van der Waals surface area contributed by atoms with Gasteiger partial charge < -0.3 is 10.2 Å². The molecule has 0 radical (unpaired) electrons. The van der Waals surface area contributed by atoms with Crippen LogP contribution in [0.3, 0.4) is 0 Å². The number of hydrogen-bond donors (Lipinski definition) is 2. The third-order valence-electron chi connectivity index (χ3n) is 4.87. The lowest BCUT2D eigenvalue weighted by Crippen LogP contribution is -2.13. The first-order valence-electron chi connectivity index (χ1n) is 8.96. The zero-order valence-electron chi connectivity index (χ0n) is 16.9. The van der Waals surface area contributed by atoms with E-state index in [-0.39, 0.29) is 10.8 Å². The zero-order chi connectivity index (χ0) is 19.2. The lowest BCUT2D eigenvalue weighted by atomic mass is 9.82. The Morgan fingerprint density at radius 1 is 0.640 bits per heavy atom. The minimum Gasteiger partial charge on any atom is -0.507 e. The lowest BCUT2D eigenvalue weighted by molar-refractivity contribution is 0.456. The van der Waals surface area contributed by atoms with Gasteiger partial charge in [-0.15, -0.1) is 0 Å². The number of phenols is 2. The Hall–Kier alpha value is -1.96. The van der Waals surface area contributed by atoms with E-state index in [9.17, 15) is 10.2 Å². The van der Waals surface area contributed by atoms with Gasteiger partial charge in [-0.05, 0) is 58.1 Å². The summed E-state index contributed by atoms with van der Waals surface area (Å²) in [4.78, 5) is 0. The van der Waals surface area contributed by atoms with Crippen LogP contribution in [0.5, 0.6) is 11.5 Å². The van der Waals surface area contributed by atoms with E-state index >= 15 is 0 Å². The van der Waals surface area contributed by atoms with Crippen molar-refractivity contribution in [2.75, 3.05) is 0 Å². The smallest absolute Gasteiger partial charge is 0.122 e. The molecule has 0 aromatic heterocycles. The van der Waals surface area contributed by atoms with Gasteiger partial charge in [-0.25, -0.2) is 0 Å². The zero-order valence-corrected chi connectivity index (χ0v) is 16.9. The summed E-state index contributed by atoms with van der Waals surface area (Å²) in [5.41, 5.74) is 5.91. The maximum atomic E-state index is 10.6. The SMILES string of the molecule is Cc1cc(C(C)(C)C)cc(Cc2cc(C(C)(C)C)cc(C)c2O)c1O. The van der Waals surface area contributed by atoms with Crippen LogP contribution in [-0.4, -0.2) is 10.2 Å². The molecule has 2 heteroatoms. The van der Waals surface area contributed by atoms with E-state index in [0.717, 1.165) is 22.3 Å². The molecule has 0 aliphatic rings. The standard InChI is InChI=1S/C23H32O2/c1-14-9-18(22(3,4)5)12-16(20(14)24)11-17-13-19(23(6,7)8)10-15(2)21(17)25/h9-10,12-13,24-25H,11H2,1-8H3. The summed E-state index contributed by atoms with van der Waals surface area (Å²) >= 11 is 0. The highest BCUT2D eigenvalue weighted by molar-refractivity contribution is 5.51. The summed E-state index contributed by atoms with van der Waals surface area (Å²) in [6.07, 6.45) is 0.521. The van der Waals surface area contributed by atoms with Gasteiger partial charge in [-0.3, -0.25) is 0 Å². The minimum atomic E-state index is 0.0123. The fourth-order valence-electron chi connectivity index (χ4n) is 3.05. The van der Waals surface area contributed by atoms with E-state index in [1.165, 1.54) is 11.1 Å². The minimum absolute atomic E-state index is 0.0123. The van der Waals surface area contributed by atoms with E-state index in [4.69, 9.17) is 0 Å². The molecule has 25 heavy (non-hydrogen) atoms. The second-order valence-corrected chi connectivity index (χ2v) is 9.28. The van der Waals surface area contributed by atoms with Gasteiger partial charge in [0.05, 0.1) is 0 Å². The first kappa shape index (κ1) is 19.4. The molecule has 0 unspecified atom stereocenters. The van der Waals surface area contributed by atoms with E-state index < -0.39 is 0 Å². The molecule has 136 valence electrons. The summed E-state index contributed by atoms with van der Waals surface area (Å²) in [5.74, 6) is 0.650. The van der Waals surface area contributed by atoms with Crippen LogP contribution in [0, 0.1) is 13.8 Å². The van der Waals surface area contributed by atoms with Crippen LogP contribution in [0.2, 0.25) is 0 Å². The molecule has 2 nitrogen and oxygen atoms in total. The Bertz CT molecular complexity index is 720. The van der Waals surface area contributed by atoms with E-state index in [1.54, 1.807) is 0 Å². The molecule has 2 N–H and O–H groups in total. The highest BCUT2D eigenvalue weighted by atomic mass is 16.3. The average molecular weight is 341 g/mol. The van der Waals surface area contributed by atoms with E-state index in [2.05, 4.69) is 65.8 Å². The van der Waals surface area contributed by atoms with Crippen molar-refractivity contribution in [3.63, 3.8) is 0 Å². The summed E-state index contributed by atoms with van der Waals surface area (Å²) in [7, 11) is 0. The van der Waals surface area contributed by atoms with E-state index in [1.807, 2.05) is 13.8 Å². The second kappa shape index (κ2) is 6.40. The molecule has 2 aromatic carbocycles. The second-order valence-electron chi connectivity index (χ2n) is 9.28. The molecule has 0 aliphatic heterocycles.